The van der Waals surface area contributed by atoms with E-state index in [1.165, 1.54) is 19.2 Å². The van der Waals surface area contributed by atoms with Crippen molar-refractivity contribution in [3.8, 4) is 5.75 Å². The van der Waals surface area contributed by atoms with Gasteiger partial charge in [-0.05, 0) is 17.7 Å². The molecule has 1 aromatic carbocycles. The topological polar surface area (TPSA) is 18.5 Å². The van der Waals surface area contributed by atoms with Gasteiger partial charge < -0.3 is 9.47 Å². The molecule has 17 heavy (non-hydrogen) atoms. The standard InChI is InChI=1S/C11H12ClF3O2/c1-16-4-5-17-10-3-2-8(7-12)6-9(10)11(13,14)15/h2-3,6H,4-5,7H2,1H3. The third-order valence-corrected chi connectivity index (χ3v) is 2.36. The lowest BCUT2D eigenvalue weighted by Crippen LogP contribution is -2.11. The van der Waals surface area contributed by atoms with E-state index < -0.39 is 11.7 Å². The molecule has 0 heterocycles. The van der Waals surface area contributed by atoms with Crippen molar-refractivity contribution in [3.63, 3.8) is 0 Å². The van der Waals surface area contributed by atoms with Crippen LogP contribution < -0.4 is 4.74 Å². The van der Waals surface area contributed by atoms with Gasteiger partial charge in [0.05, 0.1) is 12.2 Å². The van der Waals surface area contributed by atoms with Gasteiger partial charge in [-0.3, -0.25) is 0 Å². The zero-order chi connectivity index (χ0) is 12.9. The Bertz CT molecular complexity index is 366. The first-order chi connectivity index (χ1) is 7.99. The molecule has 0 aliphatic heterocycles. The number of ether oxygens (including phenoxy) is 2. The molecule has 0 aliphatic rings. The van der Waals surface area contributed by atoms with Crippen molar-refractivity contribution in [2.75, 3.05) is 20.3 Å². The Kier molecular flexibility index (Phi) is 5.08. The predicted octanol–water partition coefficient (Wildman–Crippen LogP) is 3.47. The van der Waals surface area contributed by atoms with Gasteiger partial charge in [0, 0.05) is 13.0 Å². The molecule has 0 saturated carbocycles. The van der Waals surface area contributed by atoms with Crippen molar-refractivity contribution in [1.82, 2.24) is 0 Å². The smallest absolute Gasteiger partial charge is 0.419 e. The van der Waals surface area contributed by atoms with Crippen LogP contribution in [0.25, 0.3) is 0 Å². The zero-order valence-corrected chi connectivity index (χ0v) is 9.94. The van der Waals surface area contributed by atoms with Crippen LogP contribution in [0.3, 0.4) is 0 Å². The molecule has 0 amide bonds. The fourth-order valence-corrected chi connectivity index (χ4v) is 1.41. The number of benzene rings is 1. The second-order valence-corrected chi connectivity index (χ2v) is 3.57. The first-order valence-corrected chi connectivity index (χ1v) is 5.40. The Morgan fingerprint density at radius 1 is 1.24 bits per heavy atom. The summed E-state index contributed by atoms with van der Waals surface area (Å²) in [6.45, 7) is 0.300. The van der Waals surface area contributed by atoms with E-state index in [-0.39, 0.29) is 24.8 Å². The van der Waals surface area contributed by atoms with Gasteiger partial charge >= 0.3 is 6.18 Å². The van der Waals surface area contributed by atoms with Crippen molar-refractivity contribution < 1.29 is 22.6 Å². The van der Waals surface area contributed by atoms with Crippen LogP contribution in [0.2, 0.25) is 0 Å². The highest BCUT2D eigenvalue weighted by Crippen LogP contribution is 2.37. The maximum absolute atomic E-state index is 12.7. The summed E-state index contributed by atoms with van der Waals surface area (Å²) >= 11 is 5.50. The number of hydrogen-bond acceptors (Lipinski definition) is 2. The molecule has 0 unspecified atom stereocenters. The fourth-order valence-electron chi connectivity index (χ4n) is 1.24. The van der Waals surface area contributed by atoms with Crippen molar-refractivity contribution in [3.05, 3.63) is 29.3 Å². The van der Waals surface area contributed by atoms with E-state index in [9.17, 15) is 13.2 Å². The summed E-state index contributed by atoms with van der Waals surface area (Å²) < 4.78 is 47.9. The minimum Gasteiger partial charge on any atom is -0.491 e. The Hall–Kier alpha value is -0.940. The van der Waals surface area contributed by atoms with Gasteiger partial charge in [-0.2, -0.15) is 13.2 Å². The molecule has 0 radical (unpaired) electrons. The molecule has 96 valence electrons. The molecule has 0 N–H and O–H groups in total. The largest absolute Gasteiger partial charge is 0.491 e. The van der Waals surface area contributed by atoms with Gasteiger partial charge in [-0.25, -0.2) is 0 Å². The highest BCUT2D eigenvalue weighted by atomic mass is 35.5. The summed E-state index contributed by atoms with van der Waals surface area (Å²) in [7, 11) is 1.45. The summed E-state index contributed by atoms with van der Waals surface area (Å²) in [4.78, 5) is 0. The van der Waals surface area contributed by atoms with Crippen LogP contribution in [0.15, 0.2) is 18.2 Å². The van der Waals surface area contributed by atoms with Crippen LogP contribution in [-0.4, -0.2) is 20.3 Å². The molecule has 0 spiro atoms. The minimum atomic E-state index is -4.45. The maximum atomic E-state index is 12.7. The van der Waals surface area contributed by atoms with Crippen LogP contribution in [0.4, 0.5) is 13.2 Å². The van der Waals surface area contributed by atoms with Gasteiger partial charge in [0.2, 0.25) is 0 Å². The molecule has 0 atom stereocenters. The molecule has 0 bridgehead atoms. The van der Waals surface area contributed by atoms with E-state index >= 15 is 0 Å². The Labute approximate surface area is 102 Å². The number of hydrogen-bond donors (Lipinski definition) is 0. The minimum absolute atomic E-state index is 0.0292. The van der Waals surface area contributed by atoms with Gasteiger partial charge in [0.25, 0.3) is 0 Å². The van der Waals surface area contributed by atoms with Crippen molar-refractivity contribution in [1.29, 1.82) is 0 Å². The highest BCUT2D eigenvalue weighted by Gasteiger charge is 2.34. The Morgan fingerprint density at radius 3 is 2.47 bits per heavy atom. The first-order valence-electron chi connectivity index (χ1n) is 4.87. The lowest BCUT2D eigenvalue weighted by Gasteiger charge is -2.14. The molecule has 6 heteroatoms. The van der Waals surface area contributed by atoms with E-state index in [1.54, 1.807) is 0 Å². The monoisotopic (exact) mass is 268 g/mol. The molecule has 1 aromatic rings. The van der Waals surface area contributed by atoms with E-state index in [4.69, 9.17) is 21.1 Å². The van der Waals surface area contributed by atoms with Gasteiger partial charge in [0.15, 0.2) is 0 Å². The van der Waals surface area contributed by atoms with Crippen molar-refractivity contribution in [2.24, 2.45) is 0 Å². The third kappa shape index (κ3) is 4.09. The molecule has 1 rings (SSSR count). The summed E-state index contributed by atoms with van der Waals surface area (Å²) in [6.07, 6.45) is -4.45. The number of alkyl halides is 4. The Morgan fingerprint density at radius 2 is 1.94 bits per heavy atom. The first kappa shape index (κ1) is 14.1. The molecular formula is C11H12ClF3O2. The van der Waals surface area contributed by atoms with Crippen molar-refractivity contribution in [2.45, 2.75) is 12.1 Å². The van der Waals surface area contributed by atoms with Crippen LogP contribution >= 0.6 is 11.6 Å². The summed E-state index contributed by atoms with van der Waals surface area (Å²) in [5.74, 6) is -0.176. The summed E-state index contributed by atoms with van der Waals surface area (Å²) in [5.41, 5.74) is -0.412. The molecular weight excluding hydrogens is 257 g/mol. The summed E-state index contributed by atoms with van der Waals surface area (Å²) in [5, 5.41) is 0. The molecule has 0 fully saturated rings. The second kappa shape index (κ2) is 6.12. The number of methoxy groups -OCH3 is 1. The second-order valence-electron chi connectivity index (χ2n) is 3.30. The van der Waals surface area contributed by atoms with Gasteiger partial charge in [-0.15, -0.1) is 11.6 Å². The van der Waals surface area contributed by atoms with Gasteiger partial charge in [0.1, 0.15) is 12.4 Å². The fraction of sp³-hybridized carbons (Fsp3) is 0.455. The normalized spacial score (nSPS) is 11.6. The maximum Gasteiger partial charge on any atom is 0.419 e. The quantitative estimate of drug-likeness (QED) is 0.601. The van der Waals surface area contributed by atoms with E-state index in [1.807, 2.05) is 0 Å². The predicted molar refractivity (Wildman–Crippen MR) is 58.4 cm³/mol. The van der Waals surface area contributed by atoms with E-state index in [2.05, 4.69) is 0 Å². The van der Waals surface area contributed by atoms with Gasteiger partial charge in [-0.1, -0.05) is 6.07 Å². The summed E-state index contributed by atoms with van der Waals surface area (Å²) in [6, 6.07) is 3.77. The molecule has 0 saturated heterocycles. The highest BCUT2D eigenvalue weighted by molar-refractivity contribution is 6.17. The zero-order valence-electron chi connectivity index (χ0n) is 9.18. The van der Waals surface area contributed by atoms with Crippen LogP contribution in [0.5, 0.6) is 5.75 Å². The van der Waals surface area contributed by atoms with E-state index in [0.717, 1.165) is 6.07 Å². The average molecular weight is 269 g/mol. The van der Waals surface area contributed by atoms with E-state index in [0.29, 0.717) is 5.56 Å². The number of rotatable bonds is 5. The van der Waals surface area contributed by atoms with Crippen LogP contribution in [-0.2, 0) is 16.8 Å². The lowest BCUT2D eigenvalue weighted by atomic mass is 10.1. The Balaban J connectivity index is 2.95. The third-order valence-electron chi connectivity index (χ3n) is 2.05. The van der Waals surface area contributed by atoms with Crippen LogP contribution in [0, 0.1) is 0 Å². The molecule has 0 aromatic heterocycles. The number of halogens is 4. The van der Waals surface area contributed by atoms with Crippen molar-refractivity contribution >= 4 is 11.6 Å². The molecule has 2 nitrogen and oxygen atoms in total. The lowest BCUT2D eigenvalue weighted by molar-refractivity contribution is -0.139. The average Bonchev–Trinajstić information content (AvgIpc) is 2.28. The molecule has 0 aliphatic carbocycles. The SMILES string of the molecule is COCCOc1ccc(CCl)cc1C(F)(F)F. The van der Waals surface area contributed by atoms with Crippen LogP contribution in [0.1, 0.15) is 11.1 Å².